The highest BCUT2D eigenvalue weighted by Gasteiger charge is 2.44. The monoisotopic (exact) mass is 325 g/mol. The fourth-order valence-corrected chi connectivity index (χ4v) is 2.90. The molecule has 1 saturated heterocycles. The quantitative estimate of drug-likeness (QED) is 0.909. The molecule has 1 unspecified atom stereocenters. The molecule has 1 heterocycles. The Morgan fingerprint density at radius 1 is 1.32 bits per heavy atom. The van der Waals surface area contributed by atoms with E-state index in [1.54, 1.807) is 25.1 Å². The smallest absolute Gasteiger partial charge is 0.329 e. The summed E-state index contributed by atoms with van der Waals surface area (Å²) in [6, 6.07) is 7.10. The van der Waals surface area contributed by atoms with Crippen LogP contribution < -0.4 is 0 Å². The van der Waals surface area contributed by atoms with Gasteiger partial charge in [-0.05, 0) is 54.2 Å². The van der Waals surface area contributed by atoms with E-state index in [2.05, 4.69) is 15.9 Å². The SMILES string of the molecule is CC1(C(=O)O)CCCCN1C(=O)c1ccccc1Br. The molecule has 0 radical (unpaired) electrons. The highest BCUT2D eigenvalue weighted by atomic mass is 79.9. The zero-order valence-corrected chi connectivity index (χ0v) is 12.3. The van der Waals surface area contributed by atoms with E-state index in [4.69, 9.17) is 0 Å². The van der Waals surface area contributed by atoms with Gasteiger partial charge in [0.05, 0.1) is 5.56 Å². The van der Waals surface area contributed by atoms with Gasteiger partial charge in [-0.25, -0.2) is 4.79 Å². The third-order valence-electron chi connectivity index (χ3n) is 3.70. The van der Waals surface area contributed by atoms with Crippen molar-refractivity contribution in [3.63, 3.8) is 0 Å². The number of carbonyl (C=O) groups excluding carboxylic acids is 1. The molecule has 0 aromatic heterocycles. The Bertz CT molecular complexity index is 517. The zero-order valence-electron chi connectivity index (χ0n) is 10.7. The highest BCUT2D eigenvalue weighted by Crippen LogP contribution is 2.31. The largest absolute Gasteiger partial charge is 0.480 e. The fourth-order valence-electron chi connectivity index (χ4n) is 2.45. The molecule has 1 aliphatic rings. The van der Waals surface area contributed by atoms with Crippen LogP contribution >= 0.6 is 15.9 Å². The summed E-state index contributed by atoms with van der Waals surface area (Å²) >= 11 is 3.34. The van der Waals surface area contributed by atoms with Gasteiger partial charge in [-0.3, -0.25) is 4.79 Å². The van der Waals surface area contributed by atoms with E-state index in [0.29, 0.717) is 23.0 Å². The summed E-state index contributed by atoms with van der Waals surface area (Å²) in [5.41, 5.74) is -0.596. The second-order valence-electron chi connectivity index (χ2n) is 4.97. The van der Waals surface area contributed by atoms with E-state index in [-0.39, 0.29) is 5.91 Å². The molecule has 1 atom stereocenters. The molecule has 1 fully saturated rings. The maximum absolute atomic E-state index is 12.6. The zero-order chi connectivity index (χ0) is 14.0. The van der Waals surface area contributed by atoms with Crippen LogP contribution in [0.15, 0.2) is 28.7 Å². The lowest BCUT2D eigenvalue weighted by molar-refractivity contribution is -0.150. The van der Waals surface area contributed by atoms with Gasteiger partial charge in [0, 0.05) is 11.0 Å². The van der Waals surface area contributed by atoms with Gasteiger partial charge < -0.3 is 10.0 Å². The maximum atomic E-state index is 12.6. The molecular formula is C14H16BrNO3. The first-order valence-electron chi connectivity index (χ1n) is 6.27. The summed E-state index contributed by atoms with van der Waals surface area (Å²) in [5, 5.41) is 9.43. The van der Waals surface area contributed by atoms with Crippen molar-refractivity contribution in [1.29, 1.82) is 0 Å². The molecule has 1 aromatic rings. The van der Waals surface area contributed by atoms with Crippen molar-refractivity contribution >= 4 is 27.8 Å². The average Bonchev–Trinajstić information content (AvgIpc) is 2.39. The molecule has 102 valence electrons. The second-order valence-corrected chi connectivity index (χ2v) is 5.83. The summed E-state index contributed by atoms with van der Waals surface area (Å²) in [5.74, 6) is -1.16. The molecule has 0 aliphatic carbocycles. The molecule has 1 N–H and O–H groups in total. The number of hydrogen-bond donors (Lipinski definition) is 1. The first-order valence-corrected chi connectivity index (χ1v) is 7.06. The van der Waals surface area contributed by atoms with E-state index < -0.39 is 11.5 Å². The number of carboxylic acids is 1. The number of piperidine rings is 1. The first-order chi connectivity index (χ1) is 8.97. The van der Waals surface area contributed by atoms with Gasteiger partial charge in [0.2, 0.25) is 0 Å². The summed E-state index contributed by atoms with van der Waals surface area (Å²) in [6.07, 6.45) is 2.18. The van der Waals surface area contributed by atoms with E-state index in [9.17, 15) is 14.7 Å². The van der Waals surface area contributed by atoms with Crippen LogP contribution in [0.5, 0.6) is 0 Å². The number of amides is 1. The highest BCUT2D eigenvalue weighted by molar-refractivity contribution is 9.10. The van der Waals surface area contributed by atoms with Crippen LogP contribution in [0.3, 0.4) is 0 Å². The van der Waals surface area contributed by atoms with Gasteiger partial charge in [0.15, 0.2) is 0 Å². The molecule has 19 heavy (non-hydrogen) atoms. The summed E-state index contributed by atoms with van der Waals surface area (Å²) in [4.78, 5) is 25.6. The number of hydrogen-bond acceptors (Lipinski definition) is 2. The van der Waals surface area contributed by atoms with Gasteiger partial charge in [-0.1, -0.05) is 12.1 Å². The third kappa shape index (κ3) is 2.52. The molecule has 5 heteroatoms. The minimum atomic E-state index is -1.11. The Kier molecular flexibility index (Phi) is 3.94. The maximum Gasteiger partial charge on any atom is 0.329 e. The molecule has 4 nitrogen and oxygen atoms in total. The Hall–Kier alpha value is -1.36. The van der Waals surface area contributed by atoms with E-state index >= 15 is 0 Å². The van der Waals surface area contributed by atoms with Crippen LogP contribution in [0.25, 0.3) is 0 Å². The molecule has 0 spiro atoms. The van der Waals surface area contributed by atoms with Crippen molar-refractivity contribution in [3.05, 3.63) is 34.3 Å². The summed E-state index contributed by atoms with van der Waals surface area (Å²) in [6.45, 7) is 2.12. The van der Waals surface area contributed by atoms with Crippen LogP contribution in [0.1, 0.15) is 36.5 Å². The van der Waals surface area contributed by atoms with Crippen LogP contribution in [0.4, 0.5) is 0 Å². The topological polar surface area (TPSA) is 57.6 Å². The summed E-state index contributed by atoms with van der Waals surface area (Å²) in [7, 11) is 0. The summed E-state index contributed by atoms with van der Waals surface area (Å²) < 4.78 is 0.693. The standard InChI is InChI=1S/C14H16BrNO3/c1-14(13(18)19)8-4-5-9-16(14)12(17)10-6-2-3-7-11(10)15/h2-3,6-7H,4-5,8-9H2,1H3,(H,18,19). The number of rotatable bonds is 2. The van der Waals surface area contributed by atoms with Crippen molar-refractivity contribution in [2.75, 3.05) is 6.54 Å². The molecule has 0 saturated carbocycles. The van der Waals surface area contributed by atoms with Crippen molar-refractivity contribution in [1.82, 2.24) is 4.90 Å². The van der Waals surface area contributed by atoms with Gasteiger partial charge in [-0.15, -0.1) is 0 Å². The number of likely N-dealkylation sites (tertiary alicyclic amines) is 1. The number of halogens is 1. The second kappa shape index (κ2) is 5.33. The molecule has 1 aromatic carbocycles. The number of nitrogens with zero attached hydrogens (tertiary/aromatic N) is 1. The van der Waals surface area contributed by atoms with E-state index in [1.165, 1.54) is 4.90 Å². The predicted molar refractivity (Wildman–Crippen MR) is 75.1 cm³/mol. The molecular weight excluding hydrogens is 310 g/mol. The molecule has 1 amide bonds. The number of carboxylic acid groups (broad SMARTS) is 1. The van der Waals surface area contributed by atoms with E-state index in [0.717, 1.165) is 12.8 Å². The molecule has 2 rings (SSSR count). The van der Waals surface area contributed by atoms with Crippen LogP contribution in [-0.2, 0) is 4.79 Å². The first kappa shape index (κ1) is 14.1. The van der Waals surface area contributed by atoms with Crippen LogP contribution in [0, 0.1) is 0 Å². The number of carbonyl (C=O) groups is 2. The number of aliphatic carboxylic acids is 1. The lowest BCUT2D eigenvalue weighted by atomic mass is 9.88. The van der Waals surface area contributed by atoms with Gasteiger partial charge >= 0.3 is 5.97 Å². The van der Waals surface area contributed by atoms with Gasteiger partial charge in [0.1, 0.15) is 5.54 Å². The third-order valence-corrected chi connectivity index (χ3v) is 4.39. The van der Waals surface area contributed by atoms with Crippen molar-refractivity contribution in [2.45, 2.75) is 31.7 Å². The normalized spacial score (nSPS) is 23.2. The van der Waals surface area contributed by atoms with E-state index in [1.807, 2.05) is 6.07 Å². The van der Waals surface area contributed by atoms with Gasteiger partial charge in [0.25, 0.3) is 5.91 Å². The Morgan fingerprint density at radius 3 is 2.63 bits per heavy atom. The van der Waals surface area contributed by atoms with Crippen molar-refractivity contribution in [2.24, 2.45) is 0 Å². The lowest BCUT2D eigenvalue weighted by Gasteiger charge is -2.41. The fraction of sp³-hybridized carbons (Fsp3) is 0.429. The van der Waals surface area contributed by atoms with Gasteiger partial charge in [-0.2, -0.15) is 0 Å². The predicted octanol–water partition coefficient (Wildman–Crippen LogP) is 2.92. The van der Waals surface area contributed by atoms with Crippen molar-refractivity contribution in [3.8, 4) is 0 Å². The Balaban J connectivity index is 2.36. The van der Waals surface area contributed by atoms with Crippen LogP contribution in [-0.4, -0.2) is 34.0 Å². The minimum Gasteiger partial charge on any atom is -0.480 e. The Morgan fingerprint density at radius 2 is 2.00 bits per heavy atom. The Labute approximate surface area is 120 Å². The molecule has 1 aliphatic heterocycles. The van der Waals surface area contributed by atoms with Crippen LogP contribution in [0.2, 0.25) is 0 Å². The molecule has 0 bridgehead atoms. The van der Waals surface area contributed by atoms with Crippen molar-refractivity contribution < 1.29 is 14.7 Å². The minimum absolute atomic E-state index is 0.225. The lowest BCUT2D eigenvalue weighted by Crippen LogP contribution is -2.57. The number of benzene rings is 1. The average molecular weight is 326 g/mol.